The first kappa shape index (κ1) is 31.5. The summed E-state index contributed by atoms with van der Waals surface area (Å²) < 4.78 is 9.64. The molecule has 4 rings (SSSR count). The fourth-order valence-electron chi connectivity index (χ4n) is 6.36. The molecule has 8 heteroatoms. The second-order valence-electron chi connectivity index (χ2n) is 11.7. The van der Waals surface area contributed by atoms with Crippen LogP contribution in [-0.2, 0) is 6.42 Å². The van der Waals surface area contributed by atoms with Gasteiger partial charge in [-0.15, -0.1) is 0 Å². The van der Waals surface area contributed by atoms with Gasteiger partial charge in [0.2, 0.25) is 0 Å². The Bertz CT molecular complexity index is 1120. The predicted molar refractivity (Wildman–Crippen MR) is 158 cm³/mol. The molecule has 1 saturated carbocycles. The van der Waals surface area contributed by atoms with Crippen LogP contribution >= 0.6 is 0 Å². The molecule has 138 valence electrons. The van der Waals surface area contributed by atoms with E-state index < -0.39 is 0 Å². The zero-order chi connectivity index (χ0) is 25.0. The molecule has 2 unspecified atom stereocenters. The van der Waals surface area contributed by atoms with E-state index in [-0.39, 0.29) is 0 Å². The summed E-state index contributed by atoms with van der Waals surface area (Å²) in [6.45, 7) is 2.28. The molecule has 0 aromatic heterocycles. The zero-order valence-electron chi connectivity index (χ0n) is 23.6. The Morgan fingerprint density at radius 1 is 0.735 bits per heavy atom. The molecular weight excluding hydrogens is 368 g/mol. The van der Waals surface area contributed by atoms with Gasteiger partial charge in [-0.2, -0.15) is 0 Å². The molecule has 1 fully saturated rings. The van der Waals surface area contributed by atoms with Crippen molar-refractivity contribution in [1.29, 1.82) is 0 Å². The van der Waals surface area contributed by atoms with Crippen LogP contribution < -0.4 is 16.9 Å². The molecule has 0 nitrogen and oxygen atoms in total. The molecule has 0 N–H and O–H groups in total. The summed E-state index contributed by atoms with van der Waals surface area (Å²) in [5, 5.41) is 5.70. The summed E-state index contributed by atoms with van der Waals surface area (Å²) in [6, 6.07) is 11.5. The quantitative estimate of drug-likeness (QED) is 0.353. The predicted octanol–water partition coefficient (Wildman–Crippen LogP) is 1.90. The van der Waals surface area contributed by atoms with Crippen molar-refractivity contribution in [3.8, 4) is 0 Å². The van der Waals surface area contributed by atoms with Crippen LogP contribution in [0.4, 0.5) is 0 Å². The van der Waals surface area contributed by atoms with Gasteiger partial charge in [-0.3, -0.25) is 0 Å². The van der Waals surface area contributed by atoms with Crippen LogP contribution in [0.3, 0.4) is 0 Å². The van der Waals surface area contributed by atoms with Gasteiger partial charge in [0.25, 0.3) is 0 Å². The second-order valence-corrected chi connectivity index (χ2v) is 11.7. The molecule has 0 aliphatic heterocycles. The molecule has 1 aliphatic carbocycles. The van der Waals surface area contributed by atoms with Crippen LogP contribution in [0.15, 0.2) is 30.3 Å². The molecular formula is C26H26Li8. The number of unbranched alkanes of at least 4 members (excludes halogenated alkanes) is 3. The molecule has 2 atom stereocenters. The van der Waals surface area contributed by atoms with E-state index in [1.165, 1.54) is 83.4 Å². The molecule has 3 aromatic carbocycles. The van der Waals surface area contributed by atoms with Crippen molar-refractivity contribution in [1.82, 2.24) is 0 Å². The Balaban J connectivity index is 0.000000271. The third-order valence-electron chi connectivity index (χ3n) is 9.17. The Kier molecular flexibility index (Phi) is 14.0. The van der Waals surface area contributed by atoms with E-state index in [0.717, 1.165) is 18.4 Å². The normalized spacial score (nSPS) is 22.9. The number of hydrogen-bond donors (Lipinski definition) is 0. The topological polar surface area (TPSA) is 0 Å². The Labute approximate surface area is 282 Å². The van der Waals surface area contributed by atoms with Gasteiger partial charge in [0.05, 0.1) is 0 Å². The van der Waals surface area contributed by atoms with Gasteiger partial charge in [-0.25, -0.2) is 0 Å². The van der Waals surface area contributed by atoms with Crippen molar-refractivity contribution >= 4 is 180 Å². The summed E-state index contributed by atoms with van der Waals surface area (Å²) in [4.78, 5) is 0. The molecule has 0 spiro atoms. The SMILES string of the molecule is [Li][CH]1C[CH]([Li])[CH]([Li])[CH]([Li])C1.[Li][c]1[c]([Li])c(CCCCCC)c2cc3[c]([Li])cccc3cc2[c]1[Li]. The number of rotatable bonds is 5. The molecule has 1 aliphatic rings. The van der Waals surface area contributed by atoms with Crippen molar-refractivity contribution in [2.45, 2.75) is 70.2 Å². The standard InChI is InChI=1S/C20H18.C6H8.8Li/c1-2-3-4-5-9-16-12-8-13-19-14-17-10-6-7-11-18(17)15-20(16)19;1-2-4-6-5-3-1;;;;;;;;/h6-7,10,14-15H,2-5,9H2,1H3;1-3,6H,4-5H2;;;;;;;;. The van der Waals surface area contributed by atoms with Gasteiger partial charge < -0.3 is 0 Å². The van der Waals surface area contributed by atoms with E-state index in [1.54, 1.807) is 5.56 Å². The summed E-state index contributed by atoms with van der Waals surface area (Å²) in [5.41, 5.74) is 1.58. The van der Waals surface area contributed by atoms with Crippen LogP contribution in [0.5, 0.6) is 0 Å². The Morgan fingerprint density at radius 3 is 2.06 bits per heavy atom. The second kappa shape index (κ2) is 15.1. The average Bonchev–Trinajstić information content (AvgIpc) is 2.80. The summed E-state index contributed by atoms with van der Waals surface area (Å²) >= 11 is 18.7. The monoisotopic (exact) mass is 394 g/mol. The third-order valence-corrected chi connectivity index (χ3v) is 9.17. The minimum atomic E-state index is 0.955. The van der Waals surface area contributed by atoms with Crippen LogP contribution in [0.25, 0.3) is 21.5 Å². The van der Waals surface area contributed by atoms with Gasteiger partial charge in [-0.05, 0) is 0 Å². The van der Waals surface area contributed by atoms with Gasteiger partial charge in [0.15, 0.2) is 0 Å². The average molecular weight is 394 g/mol. The van der Waals surface area contributed by atoms with E-state index >= 15 is 0 Å². The molecule has 0 amide bonds. The maximum absolute atomic E-state index is 2.45. The molecule has 3 aromatic rings. The summed E-state index contributed by atoms with van der Waals surface area (Å²) in [5.74, 6) is 0. The van der Waals surface area contributed by atoms with Gasteiger partial charge >= 0.3 is 286 Å². The Hall–Kier alpha value is 2.96. The van der Waals surface area contributed by atoms with Crippen LogP contribution in [-0.4, -0.2) is 142 Å². The van der Waals surface area contributed by atoms with Gasteiger partial charge in [-0.1, -0.05) is 0 Å². The Morgan fingerprint density at radius 2 is 1.41 bits per heavy atom. The van der Waals surface area contributed by atoms with Crippen LogP contribution in [0.2, 0.25) is 18.4 Å². The number of aryl methyl sites for hydroxylation is 1. The van der Waals surface area contributed by atoms with Crippen LogP contribution in [0.1, 0.15) is 51.0 Å². The summed E-state index contributed by atoms with van der Waals surface area (Å²) in [6.07, 6.45) is 9.41. The van der Waals surface area contributed by atoms with Crippen molar-refractivity contribution in [2.24, 2.45) is 0 Å². The number of benzene rings is 3. The first-order valence-corrected chi connectivity index (χ1v) is 14.1. The van der Waals surface area contributed by atoms with E-state index in [9.17, 15) is 0 Å². The van der Waals surface area contributed by atoms with Crippen molar-refractivity contribution < 1.29 is 0 Å². The molecule has 0 radical (unpaired) electrons. The van der Waals surface area contributed by atoms with E-state index in [0.29, 0.717) is 0 Å². The first-order valence-electron chi connectivity index (χ1n) is 14.1. The van der Waals surface area contributed by atoms with Crippen LogP contribution in [0, 0.1) is 0 Å². The summed E-state index contributed by atoms with van der Waals surface area (Å²) in [7, 11) is 0. The van der Waals surface area contributed by atoms with E-state index in [1.807, 2.05) is 0 Å². The van der Waals surface area contributed by atoms with Crippen molar-refractivity contribution in [2.75, 3.05) is 0 Å². The third kappa shape index (κ3) is 8.01. The fourth-order valence-corrected chi connectivity index (χ4v) is 6.36. The molecule has 0 saturated heterocycles. The molecule has 0 bridgehead atoms. The first-order chi connectivity index (χ1) is 16.1. The van der Waals surface area contributed by atoms with Crippen molar-refractivity contribution in [3.05, 3.63) is 35.9 Å². The molecule has 0 heterocycles. The maximum atomic E-state index is 2.45. The van der Waals surface area contributed by atoms with Gasteiger partial charge in [0, 0.05) is 0 Å². The van der Waals surface area contributed by atoms with E-state index in [2.05, 4.69) is 179 Å². The number of fused-ring (bicyclic) bond motifs is 2. The van der Waals surface area contributed by atoms with E-state index in [4.69, 9.17) is 0 Å². The van der Waals surface area contributed by atoms with Gasteiger partial charge in [0.1, 0.15) is 0 Å². The van der Waals surface area contributed by atoms with Crippen molar-refractivity contribution in [3.63, 3.8) is 0 Å². The molecule has 34 heavy (non-hydrogen) atoms. The zero-order valence-corrected chi connectivity index (χ0v) is 23.6. The fraction of sp³-hybridized carbons (Fsp3) is 0.462. The minimum absolute atomic E-state index is 0.955. The number of hydrogen-bond acceptors (Lipinski definition) is 0.